The highest BCUT2D eigenvalue weighted by molar-refractivity contribution is 5.81. The minimum atomic E-state index is -0.872. The highest BCUT2D eigenvalue weighted by Crippen LogP contribution is 2.26. The highest BCUT2D eigenvalue weighted by atomic mass is 16.4. The molecule has 0 heterocycles. The Morgan fingerprint density at radius 3 is 2.00 bits per heavy atom. The van der Waals surface area contributed by atoms with E-state index in [-0.39, 0.29) is 18.4 Å². The van der Waals surface area contributed by atoms with Crippen LogP contribution in [-0.4, -0.2) is 23.5 Å². The van der Waals surface area contributed by atoms with Gasteiger partial charge in [0.1, 0.15) is 0 Å². The summed E-state index contributed by atoms with van der Waals surface area (Å²) in [5.74, 6) is -1.20. The molecule has 0 aromatic rings. The van der Waals surface area contributed by atoms with E-state index in [2.05, 4.69) is 18.5 Å². The molecule has 2 N–H and O–H groups in total. The molecule has 0 aromatic heterocycles. The highest BCUT2D eigenvalue weighted by Gasteiger charge is 2.35. The van der Waals surface area contributed by atoms with Crippen molar-refractivity contribution in [1.29, 1.82) is 0 Å². The van der Waals surface area contributed by atoms with Gasteiger partial charge in [-0.1, -0.05) is 26.0 Å². The van der Waals surface area contributed by atoms with Gasteiger partial charge in [0, 0.05) is 12.5 Å². The van der Waals surface area contributed by atoms with Gasteiger partial charge in [-0.2, -0.15) is 0 Å². The Labute approximate surface area is 115 Å². The molecule has 0 aliphatic heterocycles. The predicted molar refractivity (Wildman–Crippen MR) is 76.8 cm³/mol. The molecule has 1 amide bonds. The first-order chi connectivity index (χ1) is 8.97. The molecule has 4 nitrogen and oxygen atoms in total. The third kappa shape index (κ3) is 4.89. The molecule has 0 aliphatic rings. The number of nitrogens with one attached hydrogen (secondary N) is 1. The summed E-state index contributed by atoms with van der Waals surface area (Å²) < 4.78 is 0. The van der Waals surface area contributed by atoms with Gasteiger partial charge in [0.25, 0.3) is 0 Å². The van der Waals surface area contributed by atoms with E-state index in [0.717, 1.165) is 0 Å². The SMILES string of the molecule is C=CCC(CC=C)C(=O)NCC(CC)(CC)C(=O)O. The van der Waals surface area contributed by atoms with Crippen LogP contribution in [0.4, 0.5) is 0 Å². The molecule has 0 aliphatic carbocycles. The van der Waals surface area contributed by atoms with Crippen molar-refractivity contribution in [3.05, 3.63) is 25.3 Å². The molecule has 0 unspecified atom stereocenters. The second kappa shape index (κ2) is 8.51. The van der Waals surface area contributed by atoms with Crippen molar-refractivity contribution in [2.75, 3.05) is 6.54 Å². The van der Waals surface area contributed by atoms with E-state index in [1.165, 1.54) is 0 Å². The third-order valence-electron chi connectivity index (χ3n) is 3.68. The van der Waals surface area contributed by atoms with Gasteiger partial charge in [-0.3, -0.25) is 9.59 Å². The molecule has 0 saturated heterocycles. The fourth-order valence-corrected chi connectivity index (χ4v) is 1.99. The molecular weight excluding hydrogens is 242 g/mol. The van der Waals surface area contributed by atoms with E-state index in [1.54, 1.807) is 12.2 Å². The molecule has 0 bridgehead atoms. The summed E-state index contributed by atoms with van der Waals surface area (Å²) in [5, 5.41) is 12.1. The summed E-state index contributed by atoms with van der Waals surface area (Å²) in [7, 11) is 0. The Kier molecular flexibility index (Phi) is 7.80. The summed E-state index contributed by atoms with van der Waals surface area (Å²) in [6.45, 7) is 11.1. The smallest absolute Gasteiger partial charge is 0.311 e. The number of carbonyl (C=O) groups is 2. The monoisotopic (exact) mass is 267 g/mol. The van der Waals surface area contributed by atoms with Crippen molar-refractivity contribution in [2.45, 2.75) is 39.5 Å². The summed E-state index contributed by atoms with van der Waals surface area (Å²) in [6.07, 6.45) is 5.50. The quantitative estimate of drug-likeness (QED) is 0.598. The molecule has 0 spiro atoms. The number of carboxylic acid groups (broad SMARTS) is 1. The molecule has 0 rings (SSSR count). The third-order valence-corrected chi connectivity index (χ3v) is 3.68. The largest absolute Gasteiger partial charge is 0.481 e. The van der Waals surface area contributed by atoms with Gasteiger partial charge in [-0.25, -0.2) is 0 Å². The first-order valence-electron chi connectivity index (χ1n) is 6.70. The summed E-state index contributed by atoms with van der Waals surface area (Å²) in [4.78, 5) is 23.4. The number of aliphatic carboxylic acids is 1. The Balaban J connectivity index is 4.66. The number of carbonyl (C=O) groups excluding carboxylic acids is 1. The molecule has 108 valence electrons. The minimum absolute atomic E-state index is 0.132. The standard InChI is InChI=1S/C15H25NO3/c1-5-9-12(10-6-2)13(17)16-11-15(7-3,8-4)14(18)19/h5-6,12H,1-2,7-11H2,3-4H3,(H,16,17)(H,18,19). The zero-order chi connectivity index (χ0) is 14.9. The van der Waals surface area contributed by atoms with E-state index in [9.17, 15) is 14.7 Å². The van der Waals surface area contributed by atoms with Crippen LogP contribution >= 0.6 is 0 Å². The number of hydrogen-bond acceptors (Lipinski definition) is 2. The Hall–Kier alpha value is -1.58. The van der Waals surface area contributed by atoms with Crippen LogP contribution in [0.1, 0.15) is 39.5 Å². The fraction of sp³-hybridized carbons (Fsp3) is 0.600. The molecule has 19 heavy (non-hydrogen) atoms. The van der Waals surface area contributed by atoms with Crippen molar-refractivity contribution >= 4 is 11.9 Å². The van der Waals surface area contributed by atoms with Crippen molar-refractivity contribution < 1.29 is 14.7 Å². The summed E-state index contributed by atoms with van der Waals surface area (Å²) in [5.41, 5.74) is -0.872. The van der Waals surface area contributed by atoms with E-state index >= 15 is 0 Å². The molecule has 0 fully saturated rings. The van der Waals surface area contributed by atoms with Crippen molar-refractivity contribution in [2.24, 2.45) is 11.3 Å². The van der Waals surface area contributed by atoms with E-state index in [1.807, 2.05) is 13.8 Å². The zero-order valence-electron chi connectivity index (χ0n) is 11.9. The summed E-state index contributed by atoms with van der Waals surface area (Å²) in [6, 6.07) is 0. The van der Waals surface area contributed by atoms with Crippen LogP contribution in [0.25, 0.3) is 0 Å². The second-order valence-electron chi connectivity index (χ2n) is 4.76. The number of amides is 1. The molecule has 4 heteroatoms. The van der Waals surface area contributed by atoms with Crippen LogP contribution in [-0.2, 0) is 9.59 Å². The Morgan fingerprint density at radius 1 is 1.21 bits per heavy atom. The number of carboxylic acids is 1. The van der Waals surface area contributed by atoms with Crippen LogP contribution in [0.5, 0.6) is 0 Å². The Bertz CT molecular complexity index is 322. The molecule has 0 radical (unpaired) electrons. The molecular formula is C15H25NO3. The lowest BCUT2D eigenvalue weighted by Crippen LogP contribution is -2.44. The first-order valence-corrected chi connectivity index (χ1v) is 6.70. The first kappa shape index (κ1) is 17.4. The number of rotatable bonds is 10. The number of allylic oxidation sites excluding steroid dienone is 2. The molecule has 0 saturated carbocycles. The minimum Gasteiger partial charge on any atom is -0.481 e. The lowest BCUT2D eigenvalue weighted by Gasteiger charge is -2.27. The van der Waals surface area contributed by atoms with Crippen LogP contribution < -0.4 is 5.32 Å². The maximum Gasteiger partial charge on any atom is 0.311 e. The van der Waals surface area contributed by atoms with E-state index in [4.69, 9.17) is 0 Å². The average molecular weight is 267 g/mol. The van der Waals surface area contributed by atoms with Gasteiger partial charge in [-0.05, 0) is 25.7 Å². The van der Waals surface area contributed by atoms with Gasteiger partial charge < -0.3 is 10.4 Å². The lowest BCUT2D eigenvalue weighted by molar-refractivity contribution is -0.149. The van der Waals surface area contributed by atoms with Crippen LogP contribution in [0.15, 0.2) is 25.3 Å². The van der Waals surface area contributed by atoms with Gasteiger partial charge in [0.05, 0.1) is 5.41 Å². The van der Waals surface area contributed by atoms with E-state index in [0.29, 0.717) is 25.7 Å². The van der Waals surface area contributed by atoms with Crippen LogP contribution in [0.2, 0.25) is 0 Å². The topological polar surface area (TPSA) is 66.4 Å². The van der Waals surface area contributed by atoms with E-state index < -0.39 is 11.4 Å². The maximum absolute atomic E-state index is 12.0. The van der Waals surface area contributed by atoms with Crippen LogP contribution in [0.3, 0.4) is 0 Å². The summed E-state index contributed by atoms with van der Waals surface area (Å²) >= 11 is 0. The van der Waals surface area contributed by atoms with Gasteiger partial charge >= 0.3 is 5.97 Å². The van der Waals surface area contributed by atoms with Gasteiger partial charge in [0.2, 0.25) is 5.91 Å². The zero-order valence-corrected chi connectivity index (χ0v) is 11.9. The van der Waals surface area contributed by atoms with Crippen molar-refractivity contribution in [3.63, 3.8) is 0 Å². The lowest BCUT2D eigenvalue weighted by atomic mass is 9.82. The fourth-order valence-electron chi connectivity index (χ4n) is 1.99. The van der Waals surface area contributed by atoms with Crippen LogP contribution in [0, 0.1) is 11.3 Å². The molecule has 0 atom stereocenters. The number of hydrogen-bond donors (Lipinski definition) is 2. The normalized spacial score (nSPS) is 11.1. The predicted octanol–water partition coefficient (Wildman–Crippen LogP) is 2.76. The van der Waals surface area contributed by atoms with Crippen molar-refractivity contribution in [3.8, 4) is 0 Å². The van der Waals surface area contributed by atoms with Gasteiger partial charge in [0.15, 0.2) is 0 Å². The van der Waals surface area contributed by atoms with Crippen molar-refractivity contribution in [1.82, 2.24) is 5.32 Å². The second-order valence-corrected chi connectivity index (χ2v) is 4.76. The average Bonchev–Trinajstić information content (AvgIpc) is 2.39. The molecule has 0 aromatic carbocycles. The van der Waals surface area contributed by atoms with Gasteiger partial charge in [-0.15, -0.1) is 13.2 Å². The Morgan fingerprint density at radius 2 is 1.68 bits per heavy atom. The maximum atomic E-state index is 12.0.